The Balaban J connectivity index is 1.09. The number of hydrogen-bond donors (Lipinski definition) is 1. The second kappa shape index (κ2) is 10.9. The molecule has 0 bridgehead atoms. The molecule has 5 heteroatoms. The van der Waals surface area contributed by atoms with Crippen molar-refractivity contribution in [3.05, 3.63) is 130 Å². The summed E-state index contributed by atoms with van der Waals surface area (Å²) in [6.07, 6.45) is 0. The topological polar surface area (TPSA) is 27.7 Å². The van der Waals surface area contributed by atoms with E-state index in [1.54, 1.807) is 0 Å². The molecule has 0 N–H and O–H groups in total. The lowest BCUT2D eigenvalue weighted by Gasteiger charge is -2.19. The average Bonchev–Trinajstić information content (AvgIpc) is 3.28. The van der Waals surface area contributed by atoms with E-state index in [-0.39, 0.29) is 6.79 Å². The van der Waals surface area contributed by atoms with Crippen LogP contribution in [0.1, 0.15) is 5.56 Å². The third kappa shape index (κ3) is 5.20. The largest absolute Gasteiger partial charge is 0.489 e. The highest BCUT2D eigenvalue weighted by Gasteiger charge is 2.26. The van der Waals surface area contributed by atoms with E-state index in [0.29, 0.717) is 6.61 Å². The number of halogens is 1. The monoisotopic (exact) mass is 616 g/mol. The van der Waals surface area contributed by atoms with Gasteiger partial charge in [0.15, 0.2) is 0 Å². The first-order chi connectivity index (χ1) is 18.3. The van der Waals surface area contributed by atoms with E-state index in [2.05, 4.69) is 101 Å². The van der Waals surface area contributed by atoms with Crippen LogP contribution in [-0.4, -0.2) is 6.79 Å². The zero-order chi connectivity index (χ0) is 25.0. The Labute approximate surface area is 233 Å². The fraction of sp³-hybridized carbons (Fsp3) is 0.0625. The van der Waals surface area contributed by atoms with Crippen LogP contribution >= 0.6 is 33.5 Å². The molecule has 5 aromatic rings. The molecule has 0 aliphatic carbocycles. The lowest BCUT2D eigenvalue weighted by Crippen LogP contribution is -2.06. The third-order valence-electron chi connectivity index (χ3n) is 6.26. The molecule has 0 amide bonds. The van der Waals surface area contributed by atoms with E-state index in [1.807, 2.05) is 42.5 Å². The van der Waals surface area contributed by atoms with Crippen LogP contribution in [0.25, 0.3) is 11.1 Å². The van der Waals surface area contributed by atoms with Crippen molar-refractivity contribution in [1.82, 2.24) is 0 Å². The molecule has 6 rings (SSSR count). The van der Waals surface area contributed by atoms with Gasteiger partial charge in [-0.1, -0.05) is 60.7 Å². The van der Waals surface area contributed by atoms with Gasteiger partial charge in [-0.25, -0.2) is 0 Å². The van der Waals surface area contributed by atoms with E-state index in [1.165, 1.54) is 25.8 Å². The second-order valence-corrected chi connectivity index (χ2v) is 11.9. The number of para-hydroxylation sites is 1. The number of ether oxygens (including phenoxy) is 3. The zero-order valence-corrected chi connectivity index (χ0v) is 23.1. The van der Waals surface area contributed by atoms with E-state index in [9.17, 15) is 0 Å². The summed E-state index contributed by atoms with van der Waals surface area (Å²) in [5, 5.41) is 0. The van der Waals surface area contributed by atoms with E-state index >= 15 is 0 Å². The van der Waals surface area contributed by atoms with Gasteiger partial charge < -0.3 is 14.2 Å². The maximum Gasteiger partial charge on any atom is 0.230 e. The Hall–Kier alpha value is -3.42. The smallest absolute Gasteiger partial charge is 0.230 e. The first-order valence-electron chi connectivity index (χ1n) is 12.1. The van der Waals surface area contributed by atoms with Crippen molar-refractivity contribution in [3.63, 3.8) is 0 Å². The molecule has 184 valence electrons. The van der Waals surface area contributed by atoms with Crippen LogP contribution < -0.4 is 14.2 Å². The van der Waals surface area contributed by atoms with Crippen LogP contribution in [-0.2, 0) is 6.61 Å². The van der Waals surface area contributed by atoms with E-state index in [4.69, 9.17) is 14.2 Å². The summed E-state index contributed by atoms with van der Waals surface area (Å²) in [6, 6.07) is 41.9. The van der Waals surface area contributed by atoms with Crippen LogP contribution in [0.5, 0.6) is 17.2 Å². The molecule has 1 aliphatic rings. The van der Waals surface area contributed by atoms with Crippen molar-refractivity contribution in [2.45, 2.75) is 21.3 Å². The SMILES string of the molecule is Ic1cc(COc2ccc([SH]3c4ccccc4-c4ccccc43)cc2)ccc1OCOc1ccccc1. The maximum atomic E-state index is 6.12. The third-order valence-corrected chi connectivity index (χ3v) is 9.66. The molecule has 37 heavy (non-hydrogen) atoms. The van der Waals surface area contributed by atoms with Gasteiger partial charge in [-0.15, -0.1) is 0 Å². The molecular formula is C32H25IO3S. The first-order valence-corrected chi connectivity index (χ1v) is 14.5. The number of hydrogen-bond acceptors (Lipinski definition) is 3. The number of benzene rings is 5. The van der Waals surface area contributed by atoms with E-state index < -0.39 is 10.9 Å². The van der Waals surface area contributed by atoms with Crippen LogP contribution in [0, 0.1) is 3.57 Å². The molecule has 0 fully saturated rings. The summed E-state index contributed by atoms with van der Waals surface area (Å²) < 4.78 is 18.6. The quantitative estimate of drug-likeness (QED) is 0.105. The van der Waals surface area contributed by atoms with E-state index in [0.717, 1.165) is 26.4 Å². The Morgan fingerprint density at radius 3 is 1.86 bits per heavy atom. The molecular weight excluding hydrogens is 591 g/mol. The minimum atomic E-state index is -0.546. The van der Waals surface area contributed by atoms with Gasteiger partial charge in [0.05, 0.1) is 3.57 Å². The van der Waals surface area contributed by atoms with Crippen molar-refractivity contribution in [3.8, 4) is 28.4 Å². The van der Waals surface area contributed by atoms with Crippen molar-refractivity contribution in [2.24, 2.45) is 0 Å². The van der Waals surface area contributed by atoms with Crippen molar-refractivity contribution in [2.75, 3.05) is 6.79 Å². The minimum Gasteiger partial charge on any atom is -0.489 e. The Bertz CT molecular complexity index is 1470. The lowest BCUT2D eigenvalue weighted by molar-refractivity contribution is 0.119. The average molecular weight is 617 g/mol. The van der Waals surface area contributed by atoms with Gasteiger partial charge in [0.2, 0.25) is 6.79 Å². The summed E-state index contributed by atoms with van der Waals surface area (Å²) in [6.45, 7) is 0.663. The molecule has 0 saturated heterocycles. The summed E-state index contributed by atoms with van der Waals surface area (Å²) in [5.74, 6) is 2.45. The zero-order valence-electron chi connectivity index (χ0n) is 20.0. The van der Waals surface area contributed by atoms with Crippen LogP contribution in [0.15, 0.2) is 136 Å². The lowest BCUT2D eigenvalue weighted by atomic mass is 10.1. The predicted molar refractivity (Wildman–Crippen MR) is 158 cm³/mol. The van der Waals surface area contributed by atoms with Crippen molar-refractivity contribution < 1.29 is 14.2 Å². The Morgan fingerprint density at radius 2 is 1.19 bits per heavy atom. The van der Waals surface area contributed by atoms with Gasteiger partial charge in [0, 0.05) is 9.79 Å². The van der Waals surface area contributed by atoms with Gasteiger partial charge in [0.25, 0.3) is 0 Å². The first kappa shape index (κ1) is 23.9. The molecule has 1 aliphatic heterocycles. The fourth-order valence-corrected chi connectivity index (χ4v) is 7.83. The highest BCUT2D eigenvalue weighted by atomic mass is 127. The van der Waals surface area contributed by atoms with Gasteiger partial charge in [-0.2, -0.15) is 10.9 Å². The second-order valence-electron chi connectivity index (χ2n) is 8.64. The number of rotatable bonds is 8. The highest BCUT2D eigenvalue weighted by molar-refractivity contribution is 14.1. The van der Waals surface area contributed by atoms with Gasteiger partial charge in [-0.3, -0.25) is 0 Å². The van der Waals surface area contributed by atoms with Crippen molar-refractivity contribution in [1.29, 1.82) is 0 Å². The molecule has 0 aromatic heterocycles. The molecule has 3 nitrogen and oxygen atoms in total. The predicted octanol–water partition coefficient (Wildman–Crippen LogP) is 8.74. The minimum absolute atomic E-state index is 0.166. The van der Waals surface area contributed by atoms with Gasteiger partial charge >= 0.3 is 0 Å². The van der Waals surface area contributed by atoms with Gasteiger partial charge in [0.1, 0.15) is 23.9 Å². The Morgan fingerprint density at radius 1 is 0.568 bits per heavy atom. The van der Waals surface area contributed by atoms with Crippen LogP contribution in [0.3, 0.4) is 0 Å². The molecule has 0 radical (unpaired) electrons. The summed E-state index contributed by atoms with van der Waals surface area (Å²) >= 11 is 2.29. The molecule has 0 saturated carbocycles. The fourth-order valence-electron chi connectivity index (χ4n) is 4.49. The highest BCUT2D eigenvalue weighted by Crippen LogP contribution is 2.62. The molecule has 0 unspecified atom stereocenters. The standard InChI is InChI=1S/C32H25IO3S/c33-29-20-23(14-19-30(29)36-22-35-24-8-2-1-3-9-24)21-34-25-15-17-26(18-16-25)37-31-12-6-4-10-27(31)28-11-5-7-13-32(28)37/h1-20,37H,21-22H2. The Kier molecular flexibility index (Phi) is 7.06. The van der Waals surface area contributed by atoms with Crippen LogP contribution in [0.4, 0.5) is 0 Å². The molecule has 5 aromatic carbocycles. The molecule has 1 heterocycles. The maximum absolute atomic E-state index is 6.12. The number of fused-ring (bicyclic) bond motifs is 3. The summed E-state index contributed by atoms with van der Waals surface area (Å²) in [7, 11) is -0.546. The van der Waals surface area contributed by atoms with Crippen molar-refractivity contribution >= 4 is 33.5 Å². The van der Waals surface area contributed by atoms with Crippen LogP contribution in [0.2, 0.25) is 0 Å². The molecule has 0 spiro atoms. The summed E-state index contributed by atoms with van der Waals surface area (Å²) in [4.78, 5) is 4.20. The number of thiol groups is 1. The molecule has 0 atom stereocenters. The van der Waals surface area contributed by atoms with Gasteiger partial charge in [-0.05, 0) is 105 Å². The normalized spacial score (nSPS) is 12.5. The summed E-state index contributed by atoms with van der Waals surface area (Å²) in [5.41, 5.74) is 3.81.